The molecule has 1 fully saturated rings. The van der Waals surface area contributed by atoms with Gasteiger partial charge in [-0.15, -0.1) is 5.10 Å². The van der Waals surface area contributed by atoms with Crippen LogP contribution in [0.1, 0.15) is 35.7 Å². The largest absolute Gasteiger partial charge is 0.487 e. The molecule has 0 spiro atoms. The van der Waals surface area contributed by atoms with Gasteiger partial charge < -0.3 is 10.1 Å². The van der Waals surface area contributed by atoms with Crippen molar-refractivity contribution in [2.75, 3.05) is 13.1 Å². The molecule has 0 bridgehead atoms. The number of nitrogens with one attached hydrogen (secondary N) is 1. The third kappa shape index (κ3) is 2.65. The zero-order valence-corrected chi connectivity index (χ0v) is 12.1. The van der Waals surface area contributed by atoms with Crippen molar-refractivity contribution in [3.8, 4) is 5.75 Å². The maximum atomic E-state index is 5.86. The minimum atomic E-state index is 0.436. The lowest BCUT2D eigenvalue weighted by atomic mass is 10.1. The lowest BCUT2D eigenvalue weighted by Crippen LogP contribution is -2.13. The van der Waals surface area contributed by atoms with Crippen molar-refractivity contribution in [1.29, 1.82) is 0 Å². The Morgan fingerprint density at radius 2 is 2.24 bits per heavy atom. The first kappa shape index (κ1) is 12.8. The van der Waals surface area contributed by atoms with Gasteiger partial charge in [0.15, 0.2) is 0 Å². The molecule has 2 aromatic rings. The number of hydrogen-bond donors (Lipinski definition) is 1. The molecular formula is C16H20N4O. The Morgan fingerprint density at radius 1 is 1.29 bits per heavy atom. The van der Waals surface area contributed by atoms with Gasteiger partial charge in [-0.25, -0.2) is 4.68 Å². The second-order valence-electron chi connectivity index (χ2n) is 5.91. The first-order valence-electron chi connectivity index (χ1n) is 7.74. The molecule has 4 rings (SSSR count). The van der Waals surface area contributed by atoms with Crippen molar-refractivity contribution in [3.05, 3.63) is 41.2 Å². The van der Waals surface area contributed by atoms with E-state index in [9.17, 15) is 0 Å². The maximum absolute atomic E-state index is 5.86. The number of nitrogens with zero attached hydrogens (tertiary/aromatic N) is 3. The Morgan fingerprint density at radius 3 is 3.14 bits per heavy atom. The zero-order valence-electron chi connectivity index (χ0n) is 12.1. The Bertz CT molecular complexity index is 631. The highest BCUT2D eigenvalue weighted by molar-refractivity contribution is 5.38. The van der Waals surface area contributed by atoms with Gasteiger partial charge in [0.05, 0.1) is 12.2 Å². The Hall–Kier alpha value is -1.88. The highest BCUT2D eigenvalue weighted by Crippen LogP contribution is 2.26. The summed E-state index contributed by atoms with van der Waals surface area (Å²) in [5, 5.41) is 11.8. The number of hydrogen-bond acceptors (Lipinski definition) is 4. The normalized spacial score (nSPS) is 20.7. The van der Waals surface area contributed by atoms with E-state index in [2.05, 4.69) is 33.8 Å². The van der Waals surface area contributed by atoms with Crippen LogP contribution < -0.4 is 10.1 Å². The summed E-state index contributed by atoms with van der Waals surface area (Å²) in [6, 6.07) is 6.87. The van der Waals surface area contributed by atoms with Crippen LogP contribution in [0.4, 0.5) is 0 Å². The lowest BCUT2D eigenvalue weighted by Gasteiger charge is -2.07. The average molecular weight is 284 g/mol. The molecule has 1 aliphatic carbocycles. The van der Waals surface area contributed by atoms with Crippen LogP contribution in [0.15, 0.2) is 24.4 Å². The average Bonchev–Trinajstić information content (AvgIpc) is 3.24. The summed E-state index contributed by atoms with van der Waals surface area (Å²) < 4.78 is 7.82. The standard InChI is InChI=1S/C16H20N4O/c1-2-12-4-5-16(8-13(12)3-1)21-11-14-10-20(19-18-14)15-6-7-17-9-15/h4-5,8,10,15,17H,1-3,6-7,9,11H2. The van der Waals surface area contributed by atoms with E-state index < -0.39 is 0 Å². The number of rotatable bonds is 4. The maximum Gasteiger partial charge on any atom is 0.134 e. The van der Waals surface area contributed by atoms with Gasteiger partial charge in [-0.2, -0.15) is 0 Å². The van der Waals surface area contributed by atoms with E-state index in [4.69, 9.17) is 4.74 Å². The van der Waals surface area contributed by atoms with E-state index in [0.717, 1.165) is 31.0 Å². The summed E-state index contributed by atoms with van der Waals surface area (Å²) in [6.07, 6.45) is 6.78. The van der Waals surface area contributed by atoms with Gasteiger partial charge in [0.2, 0.25) is 0 Å². The van der Waals surface area contributed by atoms with Crippen LogP contribution in [-0.2, 0) is 19.4 Å². The van der Waals surface area contributed by atoms with Crippen LogP contribution >= 0.6 is 0 Å². The predicted octanol–water partition coefficient (Wildman–Crippen LogP) is 1.88. The van der Waals surface area contributed by atoms with Gasteiger partial charge in [-0.3, -0.25) is 0 Å². The number of aromatic nitrogens is 3. The first-order valence-corrected chi connectivity index (χ1v) is 7.74. The molecule has 5 nitrogen and oxygen atoms in total. The lowest BCUT2D eigenvalue weighted by molar-refractivity contribution is 0.301. The molecule has 21 heavy (non-hydrogen) atoms. The van der Waals surface area contributed by atoms with Crippen molar-refractivity contribution in [1.82, 2.24) is 20.3 Å². The number of aryl methyl sites for hydroxylation is 2. The highest BCUT2D eigenvalue weighted by atomic mass is 16.5. The highest BCUT2D eigenvalue weighted by Gasteiger charge is 2.18. The Labute approximate surface area is 124 Å². The van der Waals surface area contributed by atoms with Crippen LogP contribution in [0.25, 0.3) is 0 Å². The van der Waals surface area contributed by atoms with Crippen molar-refractivity contribution < 1.29 is 4.74 Å². The van der Waals surface area contributed by atoms with Gasteiger partial charge in [0.25, 0.3) is 0 Å². The SMILES string of the molecule is c1cc2c(cc1OCc1cn(C3CCNC3)nn1)CCC2. The predicted molar refractivity (Wildman–Crippen MR) is 79.3 cm³/mol. The van der Waals surface area contributed by atoms with Gasteiger partial charge in [-0.1, -0.05) is 11.3 Å². The molecule has 1 saturated heterocycles. The molecule has 1 atom stereocenters. The minimum absolute atomic E-state index is 0.436. The Kier molecular flexibility index (Phi) is 3.35. The summed E-state index contributed by atoms with van der Waals surface area (Å²) in [4.78, 5) is 0. The van der Waals surface area contributed by atoms with E-state index in [1.54, 1.807) is 0 Å². The van der Waals surface area contributed by atoms with E-state index in [1.165, 1.54) is 30.4 Å². The monoisotopic (exact) mass is 284 g/mol. The molecule has 0 saturated carbocycles. The summed E-state index contributed by atoms with van der Waals surface area (Å²) >= 11 is 0. The van der Waals surface area contributed by atoms with Crippen molar-refractivity contribution in [3.63, 3.8) is 0 Å². The van der Waals surface area contributed by atoms with E-state index >= 15 is 0 Å². The van der Waals surface area contributed by atoms with E-state index in [1.807, 2.05) is 10.9 Å². The molecule has 1 unspecified atom stereocenters. The van der Waals surface area contributed by atoms with Gasteiger partial charge in [0.1, 0.15) is 18.1 Å². The van der Waals surface area contributed by atoms with E-state index in [0.29, 0.717) is 12.6 Å². The van der Waals surface area contributed by atoms with Crippen LogP contribution in [0.3, 0.4) is 0 Å². The second kappa shape index (κ2) is 5.48. The molecule has 110 valence electrons. The summed E-state index contributed by atoms with van der Waals surface area (Å²) in [5.41, 5.74) is 3.80. The fraction of sp³-hybridized carbons (Fsp3) is 0.500. The zero-order chi connectivity index (χ0) is 14.1. The molecule has 0 amide bonds. The molecule has 2 aliphatic rings. The molecule has 0 radical (unpaired) electrons. The molecule has 1 aromatic carbocycles. The first-order chi connectivity index (χ1) is 10.4. The molecular weight excluding hydrogens is 264 g/mol. The third-order valence-electron chi connectivity index (χ3n) is 4.42. The molecule has 2 heterocycles. The quantitative estimate of drug-likeness (QED) is 0.931. The van der Waals surface area contributed by atoms with Crippen LogP contribution in [0, 0.1) is 0 Å². The fourth-order valence-corrected chi connectivity index (χ4v) is 3.22. The molecule has 5 heteroatoms. The summed E-state index contributed by atoms with van der Waals surface area (Å²) in [6.45, 7) is 2.53. The minimum Gasteiger partial charge on any atom is -0.487 e. The van der Waals surface area contributed by atoms with Crippen molar-refractivity contribution in [2.45, 2.75) is 38.3 Å². The molecule has 1 N–H and O–H groups in total. The summed E-state index contributed by atoms with van der Waals surface area (Å²) in [7, 11) is 0. The van der Waals surface area contributed by atoms with Crippen LogP contribution in [-0.4, -0.2) is 28.1 Å². The smallest absolute Gasteiger partial charge is 0.134 e. The molecule has 1 aliphatic heterocycles. The van der Waals surface area contributed by atoms with Gasteiger partial charge in [-0.05, 0) is 55.5 Å². The fourth-order valence-electron chi connectivity index (χ4n) is 3.22. The van der Waals surface area contributed by atoms with Gasteiger partial charge in [0, 0.05) is 6.54 Å². The second-order valence-corrected chi connectivity index (χ2v) is 5.91. The van der Waals surface area contributed by atoms with Crippen LogP contribution in [0.5, 0.6) is 5.75 Å². The van der Waals surface area contributed by atoms with Gasteiger partial charge >= 0.3 is 0 Å². The van der Waals surface area contributed by atoms with Crippen molar-refractivity contribution in [2.24, 2.45) is 0 Å². The van der Waals surface area contributed by atoms with Crippen LogP contribution in [0.2, 0.25) is 0 Å². The number of ether oxygens (including phenoxy) is 1. The Balaban J connectivity index is 1.40. The summed E-state index contributed by atoms with van der Waals surface area (Å²) in [5.74, 6) is 0.938. The number of benzene rings is 1. The number of fused-ring (bicyclic) bond motifs is 1. The molecule has 1 aromatic heterocycles. The van der Waals surface area contributed by atoms with Crippen molar-refractivity contribution >= 4 is 0 Å². The van der Waals surface area contributed by atoms with E-state index in [-0.39, 0.29) is 0 Å². The third-order valence-corrected chi connectivity index (χ3v) is 4.42. The topological polar surface area (TPSA) is 52.0 Å².